The summed E-state index contributed by atoms with van der Waals surface area (Å²) in [5.41, 5.74) is 0. The minimum absolute atomic E-state index is 0.130. The summed E-state index contributed by atoms with van der Waals surface area (Å²) in [4.78, 5) is 21.5. The van der Waals surface area contributed by atoms with Crippen molar-refractivity contribution in [3.8, 4) is 0 Å². The van der Waals surface area contributed by atoms with Gasteiger partial charge in [-0.15, -0.1) is 0 Å². The van der Waals surface area contributed by atoms with E-state index in [4.69, 9.17) is 9.84 Å². The number of hydrogen-bond acceptors (Lipinski definition) is 4. The SMILES string of the molecule is CCOC[PH](=O)CC(CC)C(=O)C(=O)O. The molecule has 0 aliphatic heterocycles. The lowest BCUT2D eigenvalue weighted by Crippen LogP contribution is -2.24. The number of ether oxygens (including phenoxy) is 1. The van der Waals surface area contributed by atoms with Crippen LogP contribution in [0.3, 0.4) is 0 Å². The molecule has 0 rings (SSSR count). The van der Waals surface area contributed by atoms with E-state index in [9.17, 15) is 14.2 Å². The van der Waals surface area contributed by atoms with Crippen LogP contribution in [-0.2, 0) is 18.9 Å². The van der Waals surface area contributed by atoms with Gasteiger partial charge in [0.15, 0.2) is 0 Å². The van der Waals surface area contributed by atoms with Gasteiger partial charge in [-0.3, -0.25) is 4.79 Å². The molecule has 0 fully saturated rings. The smallest absolute Gasteiger partial charge is 0.372 e. The van der Waals surface area contributed by atoms with Crippen LogP contribution in [-0.4, -0.2) is 36.0 Å². The molecule has 0 spiro atoms. The zero-order valence-electron chi connectivity index (χ0n) is 8.99. The minimum Gasteiger partial charge on any atom is -0.475 e. The summed E-state index contributed by atoms with van der Waals surface area (Å²) in [6, 6.07) is 0. The van der Waals surface area contributed by atoms with Gasteiger partial charge in [-0.05, 0) is 13.3 Å². The van der Waals surface area contributed by atoms with Crippen molar-refractivity contribution >= 4 is 19.6 Å². The highest BCUT2D eigenvalue weighted by molar-refractivity contribution is 7.44. The van der Waals surface area contributed by atoms with Gasteiger partial charge in [0.05, 0.1) is 6.35 Å². The molecule has 0 aromatic heterocycles. The Morgan fingerprint density at radius 1 is 1.40 bits per heavy atom. The van der Waals surface area contributed by atoms with Crippen LogP contribution in [0.15, 0.2) is 0 Å². The standard InChI is InChI=1S/C9H17O5P/c1-3-7(8(10)9(11)12)5-15(13)6-14-4-2/h7,15H,3-6H2,1-2H3,(H,11,12). The molecule has 88 valence electrons. The van der Waals surface area contributed by atoms with Crippen LogP contribution < -0.4 is 0 Å². The van der Waals surface area contributed by atoms with E-state index in [-0.39, 0.29) is 12.5 Å². The third kappa shape index (κ3) is 5.70. The molecule has 2 unspecified atom stereocenters. The van der Waals surface area contributed by atoms with Gasteiger partial charge in [0, 0.05) is 18.7 Å². The summed E-state index contributed by atoms with van der Waals surface area (Å²) in [6.07, 6.45) is 0.657. The Morgan fingerprint density at radius 3 is 2.40 bits per heavy atom. The van der Waals surface area contributed by atoms with Crippen molar-refractivity contribution < 1.29 is 24.0 Å². The van der Waals surface area contributed by atoms with Crippen molar-refractivity contribution in [2.24, 2.45) is 5.92 Å². The lowest BCUT2D eigenvalue weighted by atomic mass is 10.0. The quantitative estimate of drug-likeness (QED) is 0.506. The molecule has 0 saturated heterocycles. The van der Waals surface area contributed by atoms with Crippen LogP contribution >= 0.6 is 7.80 Å². The van der Waals surface area contributed by atoms with Crippen LogP contribution in [0.1, 0.15) is 20.3 Å². The van der Waals surface area contributed by atoms with Crippen molar-refractivity contribution in [2.45, 2.75) is 20.3 Å². The second-order valence-corrected chi connectivity index (χ2v) is 4.93. The Labute approximate surface area is 89.6 Å². The number of carbonyl (C=O) groups is 2. The zero-order chi connectivity index (χ0) is 11.8. The summed E-state index contributed by atoms with van der Waals surface area (Å²) in [7, 11) is -2.00. The van der Waals surface area contributed by atoms with Gasteiger partial charge < -0.3 is 14.4 Å². The molecular formula is C9H17O5P. The Bertz CT molecular complexity index is 251. The number of hydrogen-bond donors (Lipinski definition) is 1. The Balaban J connectivity index is 4.15. The maximum atomic E-state index is 11.4. The van der Waals surface area contributed by atoms with Crippen molar-refractivity contribution in [2.75, 3.05) is 19.1 Å². The molecule has 5 nitrogen and oxygen atoms in total. The van der Waals surface area contributed by atoms with Crippen LogP contribution in [0.2, 0.25) is 0 Å². The van der Waals surface area contributed by atoms with Crippen molar-refractivity contribution in [1.29, 1.82) is 0 Å². The first-order valence-electron chi connectivity index (χ1n) is 4.89. The largest absolute Gasteiger partial charge is 0.475 e. The molecule has 0 aliphatic rings. The number of ketones is 1. The van der Waals surface area contributed by atoms with E-state index in [0.29, 0.717) is 13.0 Å². The van der Waals surface area contributed by atoms with E-state index in [1.165, 1.54) is 0 Å². The van der Waals surface area contributed by atoms with Crippen molar-refractivity contribution in [1.82, 2.24) is 0 Å². The highest BCUT2D eigenvalue weighted by atomic mass is 31.1. The molecule has 0 saturated carbocycles. The van der Waals surface area contributed by atoms with E-state index in [2.05, 4.69) is 0 Å². The number of Topliss-reactive ketones (excluding diaryl/α,β-unsaturated/α-hetero) is 1. The Hall–Kier alpha value is -0.670. The van der Waals surface area contributed by atoms with E-state index in [1.807, 2.05) is 0 Å². The van der Waals surface area contributed by atoms with E-state index >= 15 is 0 Å². The zero-order valence-corrected chi connectivity index (χ0v) is 9.99. The summed E-state index contributed by atoms with van der Waals surface area (Å²) >= 11 is 0. The van der Waals surface area contributed by atoms with E-state index in [1.54, 1.807) is 13.8 Å². The number of carbonyl (C=O) groups excluding carboxylic acids is 1. The molecule has 0 aromatic rings. The molecule has 1 N–H and O–H groups in total. The predicted octanol–water partition coefficient (Wildman–Crippen LogP) is 1.22. The average molecular weight is 236 g/mol. The third-order valence-electron chi connectivity index (χ3n) is 2.02. The molecule has 0 radical (unpaired) electrons. The van der Waals surface area contributed by atoms with E-state index in [0.717, 1.165) is 0 Å². The fourth-order valence-corrected chi connectivity index (χ4v) is 2.72. The minimum atomic E-state index is -2.00. The van der Waals surface area contributed by atoms with Crippen molar-refractivity contribution in [3.63, 3.8) is 0 Å². The van der Waals surface area contributed by atoms with Gasteiger partial charge >= 0.3 is 5.97 Å². The summed E-state index contributed by atoms with van der Waals surface area (Å²) in [6.45, 7) is 3.97. The van der Waals surface area contributed by atoms with E-state index < -0.39 is 25.5 Å². The molecule has 0 aliphatic carbocycles. The number of carboxylic acid groups (broad SMARTS) is 1. The number of rotatable bonds is 8. The van der Waals surface area contributed by atoms with Gasteiger partial charge in [-0.1, -0.05) is 6.92 Å². The Kier molecular flexibility index (Phi) is 7.26. The van der Waals surface area contributed by atoms with Gasteiger partial charge in [0.1, 0.15) is 7.80 Å². The number of carboxylic acids is 1. The lowest BCUT2D eigenvalue weighted by Gasteiger charge is -2.10. The molecular weight excluding hydrogens is 219 g/mol. The fraction of sp³-hybridized carbons (Fsp3) is 0.778. The first kappa shape index (κ1) is 14.3. The molecule has 2 atom stereocenters. The van der Waals surface area contributed by atoms with Gasteiger partial charge in [-0.25, -0.2) is 4.79 Å². The highest BCUT2D eigenvalue weighted by Crippen LogP contribution is 2.26. The van der Waals surface area contributed by atoms with Crippen molar-refractivity contribution in [3.05, 3.63) is 0 Å². The van der Waals surface area contributed by atoms with Crippen LogP contribution in [0, 0.1) is 5.92 Å². The predicted molar refractivity (Wildman–Crippen MR) is 56.8 cm³/mol. The monoisotopic (exact) mass is 236 g/mol. The van der Waals surface area contributed by atoms with Gasteiger partial charge in [-0.2, -0.15) is 0 Å². The normalized spacial score (nSPS) is 14.5. The van der Waals surface area contributed by atoms with Gasteiger partial charge in [0.2, 0.25) is 5.78 Å². The lowest BCUT2D eigenvalue weighted by molar-refractivity contribution is -0.150. The second-order valence-electron chi connectivity index (χ2n) is 3.15. The summed E-state index contributed by atoms with van der Waals surface area (Å²) in [5.74, 6) is -2.95. The first-order valence-corrected chi connectivity index (χ1v) is 6.71. The molecule has 0 bridgehead atoms. The molecule has 6 heteroatoms. The summed E-state index contributed by atoms with van der Waals surface area (Å²) < 4.78 is 16.4. The van der Waals surface area contributed by atoms with Crippen LogP contribution in [0.25, 0.3) is 0 Å². The molecule has 0 aromatic carbocycles. The maximum absolute atomic E-state index is 11.4. The van der Waals surface area contributed by atoms with Gasteiger partial charge in [0.25, 0.3) is 0 Å². The molecule has 0 heterocycles. The second kappa shape index (κ2) is 7.60. The first-order chi connectivity index (χ1) is 7.02. The van der Waals surface area contributed by atoms with Crippen LogP contribution in [0.5, 0.6) is 0 Å². The maximum Gasteiger partial charge on any atom is 0.372 e. The Morgan fingerprint density at radius 2 is 2.00 bits per heavy atom. The fourth-order valence-electron chi connectivity index (χ4n) is 1.15. The number of aliphatic carboxylic acids is 1. The average Bonchev–Trinajstić information content (AvgIpc) is 2.21. The molecule has 0 amide bonds. The van der Waals surface area contributed by atoms with Crippen LogP contribution in [0.4, 0.5) is 0 Å². The summed E-state index contributed by atoms with van der Waals surface area (Å²) in [5, 5.41) is 8.50. The molecule has 15 heavy (non-hydrogen) atoms. The topological polar surface area (TPSA) is 80.7 Å². The highest BCUT2D eigenvalue weighted by Gasteiger charge is 2.24. The third-order valence-corrected chi connectivity index (χ3v) is 3.49.